The number of halogens is 1. The number of sulfonamides is 1. The van der Waals surface area contributed by atoms with Crippen LogP contribution in [0, 0.1) is 0 Å². The van der Waals surface area contributed by atoms with E-state index >= 15 is 0 Å². The van der Waals surface area contributed by atoms with Crippen molar-refractivity contribution in [2.45, 2.75) is 4.90 Å². The summed E-state index contributed by atoms with van der Waals surface area (Å²) in [6.45, 7) is 0. The van der Waals surface area contributed by atoms with Gasteiger partial charge < -0.3 is 4.90 Å². The van der Waals surface area contributed by atoms with Gasteiger partial charge in [-0.2, -0.15) is 0 Å². The van der Waals surface area contributed by atoms with Crippen LogP contribution in [-0.2, 0) is 10.0 Å². The first kappa shape index (κ1) is 16.2. The van der Waals surface area contributed by atoms with E-state index in [0.29, 0.717) is 0 Å². The Morgan fingerprint density at radius 3 is 2.50 bits per heavy atom. The molecule has 7 nitrogen and oxygen atoms in total. The minimum absolute atomic E-state index is 0.0100. The zero-order valence-corrected chi connectivity index (χ0v) is 13.4. The zero-order chi connectivity index (χ0) is 16.3. The standard InChI is InChI=1S/C13H13ClN4O3S/c1-18(2)10-3-4-12(16-7-10)13(19)17-22(20,21)11-5-9(14)6-15-8-11/h3-8H,1-2H3,(H,17,19). The summed E-state index contributed by atoms with van der Waals surface area (Å²) >= 11 is 5.69. The number of pyridine rings is 2. The van der Waals surface area contributed by atoms with Gasteiger partial charge in [-0.1, -0.05) is 11.6 Å². The number of carbonyl (C=O) groups is 1. The molecule has 0 saturated heterocycles. The molecule has 0 bridgehead atoms. The lowest BCUT2D eigenvalue weighted by Gasteiger charge is -2.12. The third kappa shape index (κ3) is 3.71. The summed E-state index contributed by atoms with van der Waals surface area (Å²) < 4.78 is 26.1. The maximum absolute atomic E-state index is 12.1. The molecular weight excluding hydrogens is 328 g/mol. The normalized spacial score (nSPS) is 11.0. The van der Waals surface area contributed by atoms with Crippen LogP contribution < -0.4 is 9.62 Å². The van der Waals surface area contributed by atoms with Gasteiger partial charge in [-0.25, -0.2) is 18.1 Å². The van der Waals surface area contributed by atoms with Gasteiger partial charge in [0.15, 0.2) is 0 Å². The van der Waals surface area contributed by atoms with Gasteiger partial charge in [0.25, 0.3) is 15.9 Å². The lowest BCUT2D eigenvalue weighted by Crippen LogP contribution is -2.31. The maximum atomic E-state index is 12.1. The molecule has 0 saturated carbocycles. The molecule has 9 heteroatoms. The van der Waals surface area contributed by atoms with Crippen molar-refractivity contribution in [3.05, 3.63) is 47.5 Å². The highest BCUT2D eigenvalue weighted by atomic mass is 35.5. The number of amides is 1. The van der Waals surface area contributed by atoms with Crippen molar-refractivity contribution in [2.75, 3.05) is 19.0 Å². The number of hydrogen-bond donors (Lipinski definition) is 1. The minimum Gasteiger partial charge on any atom is -0.376 e. The monoisotopic (exact) mass is 340 g/mol. The lowest BCUT2D eigenvalue weighted by molar-refractivity contribution is 0.0976. The summed E-state index contributed by atoms with van der Waals surface area (Å²) in [7, 11) is -0.400. The van der Waals surface area contributed by atoms with E-state index < -0.39 is 15.9 Å². The van der Waals surface area contributed by atoms with Gasteiger partial charge in [0, 0.05) is 26.5 Å². The Hall–Kier alpha value is -2.19. The number of hydrogen-bond acceptors (Lipinski definition) is 6. The molecule has 1 amide bonds. The van der Waals surface area contributed by atoms with Crippen molar-refractivity contribution in [1.29, 1.82) is 0 Å². The first-order valence-electron chi connectivity index (χ1n) is 6.10. The largest absolute Gasteiger partial charge is 0.376 e. The molecule has 0 aromatic carbocycles. The van der Waals surface area contributed by atoms with Crippen LogP contribution in [-0.4, -0.2) is 38.4 Å². The van der Waals surface area contributed by atoms with E-state index in [9.17, 15) is 13.2 Å². The second-order valence-corrected chi connectivity index (χ2v) is 6.69. The highest BCUT2D eigenvalue weighted by Gasteiger charge is 2.20. The number of aromatic nitrogens is 2. The smallest absolute Gasteiger partial charge is 0.283 e. The second kappa shape index (κ2) is 6.29. The molecule has 2 rings (SSSR count). The molecule has 2 aromatic heterocycles. The summed E-state index contributed by atoms with van der Waals surface area (Å²) in [5.74, 6) is -0.828. The van der Waals surface area contributed by atoms with E-state index in [0.717, 1.165) is 11.9 Å². The van der Waals surface area contributed by atoms with Crippen molar-refractivity contribution in [3.63, 3.8) is 0 Å². The fourth-order valence-electron chi connectivity index (χ4n) is 1.56. The summed E-state index contributed by atoms with van der Waals surface area (Å²) in [5, 5.41) is 0.156. The van der Waals surface area contributed by atoms with E-state index in [1.807, 2.05) is 23.7 Å². The molecule has 0 aliphatic rings. The third-order valence-corrected chi connectivity index (χ3v) is 4.22. The molecule has 2 heterocycles. The Morgan fingerprint density at radius 2 is 1.95 bits per heavy atom. The minimum atomic E-state index is -4.05. The molecule has 0 radical (unpaired) electrons. The SMILES string of the molecule is CN(C)c1ccc(C(=O)NS(=O)(=O)c2cncc(Cl)c2)nc1. The van der Waals surface area contributed by atoms with Crippen molar-refractivity contribution in [3.8, 4) is 0 Å². The molecule has 0 atom stereocenters. The van der Waals surface area contributed by atoms with Gasteiger partial charge in [-0.15, -0.1) is 0 Å². The number of carbonyl (C=O) groups excluding carboxylic acids is 1. The van der Waals surface area contributed by atoms with E-state index in [4.69, 9.17) is 11.6 Å². The fraction of sp³-hybridized carbons (Fsp3) is 0.154. The van der Waals surface area contributed by atoms with Crippen molar-refractivity contribution < 1.29 is 13.2 Å². The summed E-state index contributed by atoms with van der Waals surface area (Å²) in [5.41, 5.74) is 0.780. The average molecular weight is 341 g/mol. The number of nitrogens with zero attached hydrogens (tertiary/aromatic N) is 3. The molecule has 0 fully saturated rings. The lowest BCUT2D eigenvalue weighted by atomic mass is 10.3. The zero-order valence-electron chi connectivity index (χ0n) is 11.8. The Kier molecular flexibility index (Phi) is 4.62. The van der Waals surface area contributed by atoms with E-state index in [1.54, 1.807) is 6.07 Å². The van der Waals surface area contributed by atoms with Gasteiger partial charge in [-0.3, -0.25) is 9.78 Å². The van der Waals surface area contributed by atoms with Gasteiger partial charge in [0.05, 0.1) is 16.9 Å². The Labute approximate surface area is 133 Å². The highest BCUT2D eigenvalue weighted by Crippen LogP contribution is 2.14. The fourth-order valence-corrected chi connectivity index (χ4v) is 2.74. The molecule has 0 unspecified atom stereocenters. The van der Waals surface area contributed by atoms with Gasteiger partial charge in [0.1, 0.15) is 10.6 Å². The van der Waals surface area contributed by atoms with E-state index in [2.05, 4.69) is 9.97 Å². The molecular formula is C13H13ClN4O3S. The molecule has 2 aromatic rings. The van der Waals surface area contributed by atoms with Crippen LogP contribution in [0.25, 0.3) is 0 Å². The summed E-state index contributed by atoms with van der Waals surface area (Å²) in [6, 6.07) is 4.30. The predicted molar refractivity (Wildman–Crippen MR) is 82.5 cm³/mol. The average Bonchev–Trinajstić information content (AvgIpc) is 2.47. The molecule has 0 aliphatic heterocycles. The van der Waals surface area contributed by atoms with Crippen molar-refractivity contribution in [2.24, 2.45) is 0 Å². The van der Waals surface area contributed by atoms with Crippen LogP contribution in [0.15, 0.2) is 41.7 Å². The van der Waals surface area contributed by atoms with Crippen LogP contribution in [0.2, 0.25) is 5.02 Å². The molecule has 1 N–H and O–H groups in total. The second-order valence-electron chi connectivity index (χ2n) is 4.57. The topological polar surface area (TPSA) is 92.3 Å². The molecule has 116 valence electrons. The molecule has 0 spiro atoms. The molecule has 0 aliphatic carbocycles. The van der Waals surface area contributed by atoms with Gasteiger partial charge in [-0.05, 0) is 18.2 Å². The van der Waals surface area contributed by atoms with E-state index in [1.165, 1.54) is 24.5 Å². The highest BCUT2D eigenvalue weighted by molar-refractivity contribution is 7.90. The first-order chi connectivity index (χ1) is 10.3. The number of anilines is 1. The quantitative estimate of drug-likeness (QED) is 0.902. The Balaban J connectivity index is 2.20. The van der Waals surface area contributed by atoms with Crippen LogP contribution in [0.1, 0.15) is 10.5 Å². The van der Waals surface area contributed by atoms with Crippen LogP contribution in [0.4, 0.5) is 5.69 Å². The number of nitrogens with one attached hydrogen (secondary N) is 1. The van der Waals surface area contributed by atoms with Crippen LogP contribution in [0.5, 0.6) is 0 Å². The predicted octanol–water partition coefficient (Wildman–Crippen LogP) is 1.31. The van der Waals surface area contributed by atoms with Crippen molar-refractivity contribution in [1.82, 2.24) is 14.7 Å². The number of rotatable bonds is 4. The molecule has 22 heavy (non-hydrogen) atoms. The van der Waals surface area contributed by atoms with Crippen LogP contribution in [0.3, 0.4) is 0 Å². The summed E-state index contributed by atoms with van der Waals surface area (Å²) in [4.78, 5) is 21.2. The van der Waals surface area contributed by atoms with Gasteiger partial charge >= 0.3 is 0 Å². The van der Waals surface area contributed by atoms with E-state index in [-0.39, 0.29) is 15.6 Å². The third-order valence-electron chi connectivity index (χ3n) is 2.71. The van der Waals surface area contributed by atoms with Crippen LogP contribution >= 0.6 is 11.6 Å². The first-order valence-corrected chi connectivity index (χ1v) is 7.97. The maximum Gasteiger partial charge on any atom is 0.283 e. The van der Waals surface area contributed by atoms with Crippen molar-refractivity contribution >= 4 is 33.2 Å². The Morgan fingerprint density at radius 1 is 1.23 bits per heavy atom. The Bertz CT molecular complexity index is 791. The van der Waals surface area contributed by atoms with Gasteiger partial charge in [0.2, 0.25) is 0 Å². The summed E-state index contributed by atoms with van der Waals surface area (Å²) in [6.07, 6.45) is 3.87.